The van der Waals surface area contributed by atoms with Gasteiger partial charge >= 0.3 is 5.97 Å². The summed E-state index contributed by atoms with van der Waals surface area (Å²) in [5.41, 5.74) is -1.70. The summed E-state index contributed by atoms with van der Waals surface area (Å²) in [4.78, 5) is 52.2. The van der Waals surface area contributed by atoms with E-state index in [-0.39, 0.29) is 28.2 Å². The van der Waals surface area contributed by atoms with Gasteiger partial charge in [0, 0.05) is 24.2 Å². The largest absolute Gasteiger partial charge is 0.380 e. The molecule has 1 amide bonds. The van der Waals surface area contributed by atoms with Gasteiger partial charge in [0.15, 0.2) is 0 Å². The highest BCUT2D eigenvalue weighted by atomic mass is 17.2. The molecule has 2 heterocycles. The lowest BCUT2D eigenvalue weighted by atomic mass is 9.91. The van der Waals surface area contributed by atoms with Crippen molar-refractivity contribution in [3.63, 3.8) is 0 Å². The number of fused-ring (bicyclic) bond motifs is 1. The molecule has 0 aliphatic carbocycles. The van der Waals surface area contributed by atoms with Gasteiger partial charge in [0.1, 0.15) is 11.1 Å². The van der Waals surface area contributed by atoms with Gasteiger partial charge in [-0.25, -0.2) is 9.68 Å². The number of amides is 1. The fraction of sp³-hybridized carbons (Fsp3) is 0.450. The molecule has 1 aromatic heterocycles. The van der Waals surface area contributed by atoms with Crippen molar-refractivity contribution in [2.45, 2.75) is 46.1 Å². The molecule has 29 heavy (non-hydrogen) atoms. The number of hydrogen-bond donors (Lipinski definition) is 0. The number of carbonyl (C=O) groups is 2. The van der Waals surface area contributed by atoms with E-state index in [1.54, 1.807) is 33.8 Å². The normalized spacial score (nSPS) is 19.2. The summed E-state index contributed by atoms with van der Waals surface area (Å²) in [6, 6.07) is 5.70. The van der Waals surface area contributed by atoms with E-state index in [2.05, 4.69) is 4.98 Å². The number of carbonyl (C=O) groups excluding carboxylic acids is 2. The number of nitrogens with zero attached hydrogens (tertiary/aromatic N) is 3. The van der Waals surface area contributed by atoms with Crippen molar-refractivity contribution in [2.75, 3.05) is 6.54 Å². The van der Waals surface area contributed by atoms with Crippen LogP contribution in [0, 0.1) is 15.5 Å². The highest BCUT2D eigenvalue weighted by Crippen LogP contribution is 2.35. The number of hydrogen-bond acceptors (Lipinski definition) is 7. The minimum Gasteiger partial charge on any atom is -0.326 e. The van der Waals surface area contributed by atoms with Gasteiger partial charge in [0.2, 0.25) is 11.7 Å². The second-order valence-electron chi connectivity index (χ2n) is 8.28. The molecule has 3 rings (SSSR count). The number of nitro benzene ring substituents is 1. The predicted molar refractivity (Wildman–Crippen MR) is 104 cm³/mol. The lowest BCUT2D eigenvalue weighted by Gasteiger charge is -2.36. The van der Waals surface area contributed by atoms with Crippen molar-refractivity contribution in [1.82, 2.24) is 9.88 Å². The Morgan fingerprint density at radius 1 is 1.28 bits per heavy atom. The van der Waals surface area contributed by atoms with Crippen molar-refractivity contribution < 1.29 is 24.3 Å². The minimum atomic E-state index is -1.14. The Balaban J connectivity index is 1.83. The highest BCUT2D eigenvalue weighted by molar-refractivity contribution is 5.93. The number of pyridine rings is 1. The van der Waals surface area contributed by atoms with Gasteiger partial charge in [0.25, 0.3) is 5.69 Å². The first-order valence-electron chi connectivity index (χ1n) is 9.29. The van der Waals surface area contributed by atoms with Crippen LogP contribution in [0.5, 0.6) is 5.75 Å². The molecule has 9 heteroatoms. The van der Waals surface area contributed by atoms with Gasteiger partial charge in [-0.1, -0.05) is 20.8 Å². The molecule has 1 aromatic carbocycles. The first-order valence-corrected chi connectivity index (χ1v) is 9.29. The molecule has 0 saturated carbocycles. The van der Waals surface area contributed by atoms with Crippen LogP contribution in [0.1, 0.15) is 40.5 Å². The molecule has 1 atom stereocenters. The lowest BCUT2D eigenvalue weighted by Crippen LogP contribution is -2.54. The van der Waals surface area contributed by atoms with Crippen LogP contribution in [0.15, 0.2) is 30.5 Å². The molecule has 1 aliphatic heterocycles. The second-order valence-corrected chi connectivity index (χ2v) is 8.28. The molecular weight excluding hydrogens is 378 g/mol. The quantitative estimate of drug-likeness (QED) is 0.438. The van der Waals surface area contributed by atoms with Gasteiger partial charge in [0.05, 0.1) is 10.3 Å². The van der Waals surface area contributed by atoms with E-state index in [1.807, 2.05) is 0 Å². The standard InChI is InChI=1S/C20H23N3O6/c1-19(2,3)17(24)22-12-6-10-20(22,4)18(25)29-28-15-9-8-14(23(26)27)13-7-5-11-21-16(13)15/h5,7-9,11H,6,10,12H2,1-4H3. The van der Waals surface area contributed by atoms with Crippen LogP contribution in [0.4, 0.5) is 5.69 Å². The van der Waals surface area contributed by atoms with Crippen molar-refractivity contribution in [1.29, 1.82) is 0 Å². The van der Waals surface area contributed by atoms with Crippen molar-refractivity contribution in [3.05, 3.63) is 40.6 Å². The van der Waals surface area contributed by atoms with Gasteiger partial charge in [-0.2, -0.15) is 0 Å². The Kier molecular flexibility index (Phi) is 5.16. The first kappa shape index (κ1) is 20.5. The molecule has 1 saturated heterocycles. The number of benzene rings is 1. The van der Waals surface area contributed by atoms with Crippen LogP contribution in [-0.4, -0.2) is 38.8 Å². The molecule has 2 aromatic rings. The van der Waals surface area contributed by atoms with E-state index in [9.17, 15) is 19.7 Å². The van der Waals surface area contributed by atoms with E-state index < -0.39 is 21.8 Å². The van der Waals surface area contributed by atoms with Gasteiger partial charge in [-0.15, -0.1) is 0 Å². The predicted octanol–water partition coefficient (Wildman–Crippen LogP) is 3.41. The maximum Gasteiger partial charge on any atom is 0.380 e. The van der Waals surface area contributed by atoms with Crippen LogP contribution in [0.3, 0.4) is 0 Å². The summed E-state index contributed by atoms with van der Waals surface area (Å²) >= 11 is 0. The summed E-state index contributed by atoms with van der Waals surface area (Å²) in [5.74, 6) is -0.762. The third kappa shape index (κ3) is 3.72. The Morgan fingerprint density at radius 3 is 2.66 bits per heavy atom. The Hall–Kier alpha value is -3.23. The maximum absolute atomic E-state index is 12.8. The van der Waals surface area contributed by atoms with Crippen LogP contribution >= 0.6 is 0 Å². The number of likely N-dealkylation sites (tertiary alicyclic amines) is 1. The van der Waals surface area contributed by atoms with E-state index in [0.717, 1.165) is 0 Å². The zero-order valence-electron chi connectivity index (χ0n) is 16.8. The maximum atomic E-state index is 12.8. The molecular formula is C20H23N3O6. The topological polar surface area (TPSA) is 112 Å². The lowest BCUT2D eigenvalue weighted by molar-refractivity contribution is -0.383. The zero-order chi connectivity index (χ0) is 21.4. The average molecular weight is 401 g/mol. The number of nitro groups is 1. The van der Waals surface area contributed by atoms with Crippen molar-refractivity contribution in [2.24, 2.45) is 5.41 Å². The van der Waals surface area contributed by atoms with Crippen LogP contribution in [0.2, 0.25) is 0 Å². The van der Waals surface area contributed by atoms with Crippen molar-refractivity contribution >= 4 is 28.5 Å². The summed E-state index contributed by atoms with van der Waals surface area (Å²) in [7, 11) is 0. The van der Waals surface area contributed by atoms with E-state index in [4.69, 9.17) is 9.78 Å². The Labute approximate surface area is 167 Å². The average Bonchev–Trinajstić information content (AvgIpc) is 3.06. The third-order valence-electron chi connectivity index (χ3n) is 5.08. The van der Waals surface area contributed by atoms with E-state index in [1.165, 1.54) is 29.3 Å². The van der Waals surface area contributed by atoms with Gasteiger partial charge in [-0.3, -0.25) is 24.8 Å². The van der Waals surface area contributed by atoms with E-state index in [0.29, 0.717) is 19.4 Å². The summed E-state index contributed by atoms with van der Waals surface area (Å²) in [6.07, 6.45) is 2.59. The molecule has 9 nitrogen and oxygen atoms in total. The molecule has 1 aliphatic rings. The minimum absolute atomic E-state index is 0.0786. The molecule has 1 unspecified atom stereocenters. The second kappa shape index (κ2) is 7.31. The molecule has 1 fully saturated rings. The van der Waals surface area contributed by atoms with Crippen LogP contribution in [0.25, 0.3) is 10.9 Å². The zero-order valence-corrected chi connectivity index (χ0v) is 16.8. The van der Waals surface area contributed by atoms with Crippen molar-refractivity contribution in [3.8, 4) is 5.75 Å². The highest BCUT2D eigenvalue weighted by Gasteiger charge is 2.50. The number of non-ortho nitro benzene ring substituents is 1. The Morgan fingerprint density at radius 2 is 2.00 bits per heavy atom. The third-order valence-corrected chi connectivity index (χ3v) is 5.08. The number of rotatable bonds is 4. The fourth-order valence-electron chi connectivity index (χ4n) is 3.44. The number of aromatic nitrogens is 1. The first-order chi connectivity index (χ1) is 13.6. The summed E-state index contributed by atoms with van der Waals surface area (Å²) in [5, 5.41) is 11.5. The summed E-state index contributed by atoms with van der Waals surface area (Å²) in [6.45, 7) is 7.50. The van der Waals surface area contributed by atoms with E-state index >= 15 is 0 Å². The Bertz CT molecular complexity index is 984. The molecule has 154 valence electrons. The van der Waals surface area contributed by atoms with Crippen LogP contribution < -0.4 is 4.89 Å². The molecule has 0 radical (unpaired) electrons. The van der Waals surface area contributed by atoms with Gasteiger partial charge in [-0.05, 0) is 38.0 Å². The molecule has 0 bridgehead atoms. The monoisotopic (exact) mass is 401 g/mol. The summed E-state index contributed by atoms with van der Waals surface area (Å²) < 4.78 is 0. The molecule has 0 spiro atoms. The van der Waals surface area contributed by atoms with Crippen LogP contribution in [-0.2, 0) is 14.5 Å². The SMILES string of the molecule is CC(C)(C)C(=O)N1CCCC1(C)C(=O)OOc1ccc([N+](=O)[O-])c2cccnc12. The fourth-order valence-corrected chi connectivity index (χ4v) is 3.44. The molecule has 0 N–H and O–H groups in total. The smallest absolute Gasteiger partial charge is 0.326 e. The van der Waals surface area contributed by atoms with Gasteiger partial charge < -0.3 is 4.90 Å².